The van der Waals surface area contributed by atoms with Gasteiger partial charge in [-0.2, -0.15) is 0 Å². The summed E-state index contributed by atoms with van der Waals surface area (Å²) in [7, 11) is 0. The average Bonchev–Trinajstić information content (AvgIpc) is 2.74. The van der Waals surface area contributed by atoms with Gasteiger partial charge in [-0.15, -0.1) is 0 Å². The number of aromatic nitrogens is 1. The Bertz CT molecular complexity index is 445. The lowest BCUT2D eigenvalue weighted by atomic mass is 10.2. The van der Waals surface area contributed by atoms with Gasteiger partial charge in [0.15, 0.2) is 0 Å². The van der Waals surface area contributed by atoms with Gasteiger partial charge in [0.25, 0.3) is 0 Å². The lowest BCUT2D eigenvalue weighted by molar-refractivity contribution is 0.643. The van der Waals surface area contributed by atoms with Gasteiger partial charge in [0.1, 0.15) is 18.4 Å². The molecule has 3 heterocycles. The Balaban J connectivity index is 1.91. The van der Waals surface area contributed by atoms with Crippen molar-refractivity contribution < 1.29 is 0 Å². The molecular weight excluding hydrogens is 186 g/mol. The van der Waals surface area contributed by atoms with E-state index in [0.717, 1.165) is 11.5 Å². The van der Waals surface area contributed by atoms with E-state index in [4.69, 9.17) is 0 Å². The maximum absolute atomic E-state index is 4.51. The molecule has 2 radical (unpaired) electrons. The first-order valence-electron chi connectivity index (χ1n) is 4.82. The van der Waals surface area contributed by atoms with E-state index in [-0.39, 0.29) is 6.04 Å². The zero-order valence-corrected chi connectivity index (χ0v) is 8.04. The maximum atomic E-state index is 4.51. The van der Waals surface area contributed by atoms with Gasteiger partial charge in [0, 0.05) is 12.4 Å². The summed E-state index contributed by atoms with van der Waals surface area (Å²) in [6.45, 7) is 3.24. The molecule has 1 aromatic rings. The Kier molecular flexibility index (Phi) is 1.88. The summed E-state index contributed by atoms with van der Waals surface area (Å²) in [4.78, 5) is 10.7. The maximum Gasteiger partial charge on any atom is 0.131 e. The number of nitrogens with zero attached hydrogens (tertiary/aromatic N) is 3. The van der Waals surface area contributed by atoms with E-state index in [0.29, 0.717) is 0 Å². The summed E-state index contributed by atoms with van der Waals surface area (Å²) in [5, 5.41) is 0. The number of hydrogen-bond acceptors (Lipinski definition) is 3. The number of pyridine rings is 1. The molecule has 1 aromatic heterocycles. The normalized spacial score (nSPS) is 22.8. The summed E-state index contributed by atoms with van der Waals surface area (Å²) < 4.78 is 0. The molecule has 1 atom stereocenters. The minimum Gasteiger partial charge on any atom is -0.319 e. The number of allylic oxidation sites excluding steroid dienone is 2. The van der Waals surface area contributed by atoms with Crippen molar-refractivity contribution in [1.29, 1.82) is 0 Å². The molecule has 0 aliphatic carbocycles. The first-order valence-corrected chi connectivity index (χ1v) is 4.82. The van der Waals surface area contributed by atoms with E-state index >= 15 is 0 Å². The molecular formula is C12H9N3. The van der Waals surface area contributed by atoms with Gasteiger partial charge >= 0.3 is 0 Å². The highest BCUT2D eigenvalue weighted by molar-refractivity contribution is 5.97. The molecule has 3 nitrogen and oxygen atoms in total. The molecule has 0 N–H and O–H groups in total. The highest BCUT2D eigenvalue weighted by Crippen LogP contribution is 2.28. The minimum atomic E-state index is -0.0754. The third kappa shape index (κ3) is 1.46. The van der Waals surface area contributed by atoms with Gasteiger partial charge < -0.3 is 4.90 Å². The van der Waals surface area contributed by atoms with Crippen LogP contribution in [0.3, 0.4) is 0 Å². The van der Waals surface area contributed by atoms with Crippen LogP contribution in [0.5, 0.6) is 0 Å². The fourth-order valence-corrected chi connectivity index (χ4v) is 1.61. The molecule has 15 heavy (non-hydrogen) atoms. The molecule has 1 unspecified atom stereocenters. The molecule has 3 rings (SSSR count). The first kappa shape index (κ1) is 8.41. The zero-order valence-electron chi connectivity index (χ0n) is 8.04. The highest BCUT2D eigenvalue weighted by atomic mass is 15.2. The largest absolute Gasteiger partial charge is 0.319 e. The molecule has 0 saturated heterocycles. The Labute approximate surface area is 88.5 Å². The Morgan fingerprint density at radius 2 is 2.27 bits per heavy atom. The van der Waals surface area contributed by atoms with Crippen LogP contribution in [0.15, 0.2) is 53.8 Å². The van der Waals surface area contributed by atoms with Crippen LogP contribution in [-0.4, -0.2) is 15.7 Å². The second kappa shape index (κ2) is 3.35. The van der Waals surface area contributed by atoms with Crippen LogP contribution in [0.25, 0.3) is 0 Å². The van der Waals surface area contributed by atoms with E-state index in [1.807, 2.05) is 47.5 Å². The van der Waals surface area contributed by atoms with Gasteiger partial charge in [-0.25, -0.2) is 0 Å². The number of rotatable bonds is 1. The molecule has 0 saturated carbocycles. The van der Waals surface area contributed by atoms with Crippen molar-refractivity contribution in [1.82, 2.24) is 9.88 Å². The zero-order chi connectivity index (χ0) is 10.1. The van der Waals surface area contributed by atoms with Crippen molar-refractivity contribution >= 4 is 5.84 Å². The van der Waals surface area contributed by atoms with Crippen LogP contribution in [0, 0.1) is 6.54 Å². The van der Waals surface area contributed by atoms with Crippen molar-refractivity contribution in [3.63, 3.8) is 0 Å². The Morgan fingerprint density at radius 3 is 3.07 bits per heavy atom. The van der Waals surface area contributed by atoms with E-state index in [2.05, 4.69) is 16.5 Å². The first-order chi connectivity index (χ1) is 7.43. The van der Waals surface area contributed by atoms with Crippen LogP contribution in [0.4, 0.5) is 0 Å². The van der Waals surface area contributed by atoms with Crippen molar-refractivity contribution in [2.24, 2.45) is 4.99 Å². The monoisotopic (exact) mass is 195 g/mol. The van der Waals surface area contributed by atoms with Gasteiger partial charge in [-0.1, -0.05) is 12.1 Å². The summed E-state index contributed by atoms with van der Waals surface area (Å²) in [5.41, 5.74) is 0.932. The smallest absolute Gasteiger partial charge is 0.131 e. The minimum absolute atomic E-state index is 0.0754. The molecule has 3 heteroatoms. The molecule has 0 fully saturated rings. The van der Waals surface area contributed by atoms with Gasteiger partial charge in [-0.3, -0.25) is 9.98 Å². The van der Waals surface area contributed by atoms with Crippen molar-refractivity contribution in [3.8, 4) is 0 Å². The van der Waals surface area contributed by atoms with Crippen molar-refractivity contribution in [2.45, 2.75) is 6.04 Å². The third-order valence-corrected chi connectivity index (χ3v) is 2.33. The molecule has 2 aliphatic rings. The van der Waals surface area contributed by atoms with E-state index in [1.165, 1.54) is 0 Å². The second-order valence-electron chi connectivity index (χ2n) is 3.34. The third-order valence-electron chi connectivity index (χ3n) is 2.33. The van der Waals surface area contributed by atoms with Crippen LogP contribution in [-0.2, 0) is 0 Å². The molecule has 0 bridgehead atoms. The highest BCUT2D eigenvalue weighted by Gasteiger charge is 2.26. The Hall–Kier alpha value is -1.90. The number of hydrogen-bond donors (Lipinski definition) is 0. The van der Waals surface area contributed by atoms with Crippen LogP contribution >= 0.6 is 0 Å². The van der Waals surface area contributed by atoms with Gasteiger partial charge in [0.05, 0.1) is 5.69 Å². The molecule has 2 aliphatic heterocycles. The standard InChI is InChI=1S/C12H9N3/c1-3-7-13-10(5-1)11-9-15-8-4-2-6-12(15)14-11/h1-8,11H. The second-order valence-corrected chi connectivity index (χ2v) is 3.34. The van der Waals surface area contributed by atoms with Crippen LogP contribution in [0.1, 0.15) is 11.7 Å². The van der Waals surface area contributed by atoms with E-state index in [9.17, 15) is 0 Å². The lowest BCUT2D eigenvalue weighted by Crippen LogP contribution is -2.17. The van der Waals surface area contributed by atoms with Gasteiger partial charge in [-0.05, 0) is 24.3 Å². The SMILES string of the molecule is [C]1C(c2ccccn2)N=C2C=CC=CN12. The topological polar surface area (TPSA) is 28.5 Å². The van der Waals surface area contributed by atoms with Crippen LogP contribution < -0.4 is 0 Å². The molecule has 0 amide bonds. The molecule has 0 spiro atoms. The van der Waals surface area contributed by atoms with Crippen molar-refractivity contribution in [2.75, 3.05) is 0 Å². The summed E-state index contributed by atoms with van der Waals surface area (Å²) >= 11 is 0. The number of amidine groups is 1. The van der Waals surface area contributed by atoms with E-state index in [1.54, 1.807) is 6.20 Å². The quantitative estimate of drug-likeness (QED) is 0.685. The van der Waals surface area contributed by atoms with Gasteiger partial charge in [0.2, 0.25) is 0 Å². The van der Waals surface area contributed by atoms with Crippen LogP contribution in [0.2, 0.25) is 0 Å². The van der Waals surface area contributed by atoms with E-state index < -0.39 is 0 Å². The number of fused-ring (bicyclic) bond motifs is 1. The molecule has 0 aromatic carbocycles. The summed E-state index contributed by atoms with van der Waals surface area (Å²) in [6, 6.07) is 5.76. The predicted octanol–water partition coefficient (Wildman–Crippen LogP) is 1.96. The van der Waals surface area contributed by atoms with Crippen molar-refractivity contribution in [3.05, 3.63) is 61.1 Å². The lowest BCUT2D eigenvalue weighted by Gasteiger charge is -2.13. The Morgan fingerprint density at radius 1 is 1.27 bits per heavy atom. The summed E-state index contributed by atoms with van der Waals surface area (Å²) in [6.07, 6.45) is 9.63. The summed E-state index contributed by atoms with van der Waals surface area (Å²) in [5.74, 6) is 0.924. The fraction of sp³-hybridized carbons (Fsp3) is 0.0833. The number of aliphatic imine (C=N–C) groups is 1. The molecule has 72 valence electrons. The predicted molar refractivity (Wildman–Crippen MR) is 57.8 cm³/mol. The fourth-order valence-electron chi connectivity index (χ4n) is 1.61. The average molecular weight is 195 g/mol.